The van der Waals surface area contributed by atoms with Gasteiger partial charge in [0.15, 0.2) is 0 Å². The van der Waals surface area contributed by atoms with Gasteiger partial charge < -0.3 is 9.88 Å². The van der Waals surface area contributed by atoms with Gasteiger partial charge in [-0.05, 0) is 19.9 Å². The average Bonchev–Trinajstić information content (AvgIpc) is 2.71. The normalized spacial score (nSPS) is 10.9. The van der Waals surface area contributed by atoms with Crippen LogP contribution in [-0.4, -0.2) is 21.4 Å². The van der Waals surface area contributed by atoms with Crippen LogP contribution >= 0.6 is 0 Å². The molecule has 100 valence electrons. The number of amides is 1. The molecule has 0 saturated carbocycles. The van der Waals surface area contributed by atoms with E-state index < -0.39 is 4.92 Å². The van der Waals surface area contributed by atoms with Crippen LogP contribution < -0.4 is 5.32 Å². The number of nitro groups is 1. The van der Waals surface area contributed by atoms with Gasteiger partial charge in [-0.2, -0.15) is 0 Å². The number of fused-ring (bicyclic) bond motifs is 1. The molecule has 0 aliphatic heterocycles. The molecule has 6 heteroatoms. The molecule has 0 aliphatic rings. The number of carbonyl (C=O) groups is 1. The number of rotatable bonds is 4. The summed E-state index contributed by atoms with van der Waals surface area (Å²) in [5, 5.41) is 14.5. The Bertz CT molecular complexity index is 631. The topological polar surface area (TPSA) is 77.2 Å². The van der Waals surface area contributed by atoms with Gasteiger partial charge in [-0.3, -0.25) is 14.9 Å². The van der Waals surface area contributed by atoms with Crippen molar-refractivity contribution in [2.75, 3.05) is 0 Å². The fraction of sp³-hybridized carbons (Fsp3) is 0.308. The lowest BCUT2D eigenvalue weighted by molar-refractivity contribution is -0.383. The molecule has 0 aliphatic carbocycles. The maximum absolute atomic E-state index is 11.7. The third-order valence-electron chi connectivity index (χ3n) is 2.73. The fourth-order valence-electron chi connectivity index (χ4n) is 2.04. The van der Waals surface area contributed by atoms with Crippen LogP contribution in [0.25, 0.3) is 10.9 Å². The molecule has 1 aromatic carbocycles. The molecule has 0 saturated heterocycles. The van der Waals surface area contributed by atoms with E-state index in [4.69, 9.17) is 0 Å². The Morgan fingerprint density at radius 1 is 1.42 bits per heavy atom. The zero-order valence-corrected chi connectivity index (χ0v) is 10.8. The van der Waals surface area contributed by atoms with E-state index in [9.17, 15) is 14.9 Å². The highest BCUT2D eigenvalue weighted by atomic mass is 16.6. The number of non-ortho nitro benzene ring substituents is 1. The highest BCUT2D eigenvalue weighted by molar-refractivity contribution is 5.90. The number of nitro benzene ring substituents is 1. The van der Waals surface area contributed by atoms with E-state index in [0.717, 1.165) is 5.39 Å². The lowest BCUT2D eigenvalue weighted by Gasteiger charge is -2.09. The number of hydrogen-bond acceptors (Lipinski definition) is 3. The van der Waals surface area contributed by atoms with Crippen molar-refractivity contribution in [2.45, 2.75) is 26.4 Å². The number of aromatic nitrogens is 1. The molecule has 0 spiro atoms. The minimum absolute atomic E-state index is 0.0137. The zero-order chi connectivity index (χ0) is 14.0. The van der Waals surface area contributed by atoms with E-state index in [1.165, 1.54) is 6.07 Å². The first-order valence-corrected chi connectivity index (χ1v) is 6.00. The van der Waals surface area contributed by atoms with Gasteiger partial charge in [-0.1, -0.05) is 12.1 Å². The van der Waals surface area contributed by atoms with Gasteiger partial charge in [0, 0.05) is 23.7 Å². The van der Waals surface area contributed by atoms with Crippen molar-refractivity contribution in [1.82, 2.24) is 9.88 Å². The standard InChI is InChI=1S/C13H15N3O3/c1-9(2)14-12(17)8-15-7-6-10-4-3-5-11(13(10)15)16(18)19/h3-7,9H,8H2,1-2H3,(H,14,17). The Hall–Kier alpha value is -2.37. The van der Waals surface area contributed by atoms with E-state index in [1.54, 1.807) is 29.0 Å². The van der Waals surface area contributed by atoms with Crippen molar-refractivity contribution >= 4 is 22.5 Å². The molecule has 19 heavy (non-hydrogen) atoms. The lowest BCUT2D eigenvalue weighted by Crippen LogP contribution is -2.32. The lowest BCUT2D eigenvalue weighted by atomic mass is 10.2. The van der Waals surface area contributed by atoms with E-state index in [1.807, 2.05) is 13.8 Å². The summed E-state index contributed by atoms with van der Waals surface area (Å²) in [6, 6.07) is 6.69. The summed E-state index contributed by atoms with van der Waals surface area (Å²) in [6.45, 7) is 3.81. The second kappa shape index (κ2) is 5.09. The van der Waals surface area contributed by atoms with E-state index in [2.05, 4.69) is 5.32 Å². The zero-order valence-electron chi connectivity index (χ0n) is 10.8. The number of nitrogens with zero attached hydrogens (tertiary/aromatic N) is 2. The Balaban J connectivity index is 2.39. The summed E-state index contributed by atoms with van der Waals surface area (Å²) < 4.78 is 1.60. The van der Waals surface area contributed by atoms with Crippen molar-refractivity contribution in [3.63, 3.8) is 0 Å². The quantitative estimate of drug-likeness (QED) is 0.676. The highest BCUT2D eigenvalue weighted by Gasteiger charge is 2.16. The second-order valence-electron chi connectivity index (χ2n) is 4.64. The summed E-state index contributed by atoms with van der Waals surface area (Å²) in [6.07, 6.45) is 1.69. The van der Waals surface area contributed by atoms with Gasteiger partial charge in [-0.15, -0.1) is 0 Å². The van der Waals surface area contributed by atoms with Crippen molar-refractivity contribution in [3.8, 4) is 0 Å². The largest absolute Gasteiger partial charge is 0.352 e. The monoisotopic (exact) mass is 261 g/mol. The van der Waals surface area contributed by atoms with Gasteiger partial charge in [0.1, 0.15) is 12.1 Å². The van der Waals surface area contributed by atoms with Gasteiger partial charge in [0.25, 0.3) is 5.69 Å². The minimum atomic E-state index is -0.431. The second-order valence-corrected chi connectivity index (χ2v) is 4.64. The number of benzene rings is 1. The SMILES string of the molecule is CC(C)NC(=O)Cn1ccc2cccc([N+](=O)[O-])c21. The molecular formula is C13H15N3O3. The molecule has 1 heterocycles. The van der Waals surface area contributed by atoms with Gasteiger partial charge in [0.2, 0.25) is 5.91 Å². The molecular weight excluding hydrogens is 246 g/mol. The summed E-state index contributed by atoms with van der Waals surface area (Å²) in [7, 11) is 0. The minimum Gasteiger partial charge on any atom is -0.352 e. The molecule has 2 rings (SSSR count). The number of hydrogen-bond donors (Lipinski definition) is 1. The first-order chi connectivity index (χ1) is 8.99. The van der Waals surface area contributed by atoms with Crippen molar-refractivity contribution in [1.29, 1.82) is 0 Å². The first-order valence-electron chi connectivity index (χ1n) is 6.00. The van der Waals surface area contributed by atoms with Crippen molar-refractivity contribution < 1.29 is 9.72 Å². The van der Waals surface area contributed by atoms with Gasteiger partial charge in [-0.25, -0.2) is 0 Å². The third-order valence-corrected chi connectivity index (χ3v) is 2.73. The fourth-order valence-corrected chi connectivity index (χ4v) is 2.04. The van der Waals surface area contributed by atoms with Crippen LogP contribution in [0.1, 0.15) is 13.8 Å². The van der Waals surface area contributed by atoms with E-state index in [0.29, 0.717) is 5.52 Å². The summed E-state index contributed by atoms with van der Waals surface area (Å²) in [5.74, 6) is -0.161. The summed E-state index contributed by atoms with van der Waals surface area (Å²) in [4.78, 5) is 22.3. The van der Waals surface area contributed by atoms with Crippen LogP contribution in [0.3, 0.4) is 0 Å². The van der Waals surface area contributed by atoms with Crippen LogP contribution in [-0.2, 0) is 11.3 Å². The van der Waals surface area contributed by atoms with Gasteiger partial charge >= 0.3 is 0 Å². The van der Waals surface area contributed by atoms with Gasteiger partial charge in [0.05, 0.1) is 4.92 Å². The Morgan fingerprint density at radius 2 is 2.16 bits per heavy atom. The average molecular weight is 261 g/mol. The molecule has 2 aromatic rings. The number of nitrogens with one attached hydrogen (secondary N) is 1. The Morgan fingerprint density at radius 3 is 2.79 bits per heavy atom. The molecule has 1 amide bonds. The smallest absolute Gasteiger partial charge is 0.293 e. The summed E-state index contributed by atoms with van der Waals surface area (Å²) >= 11 is 0. The van der Waals surface area contributed by atoms with Crippen molar-refractivity contribution in [2.24, 2.45) is 0 Å². The van der Waals surface area contributed by atoms with Crippen LogP contribution in [0.5, 0.6) is 0 Å². The molecule has 0 bridgehead atoms. The maximum Gasteiger partial charge on any atom is 0.293 e. The van der Waals surface area contributed by atoms with E-state index in [-0.39, 0.29) is 24.2 Å². The Labute approximate surface area is 110 Å². The molecule has 0 unspecified atom stereocenters. The molecule has 0 radical (unpaired) electrons. The predicted octanol–water partition coefficient (Wildman–Crippen LogP) is 2.07. The van der Waals surface area contributed by atoms with Crippen LogP contribution in [0.15, 0.2) is 30.5 Å². The van der Waals surface area contributed by atoms with E-state index >= 15 is 0 Å². The van der Waals surface area contributed by atoms with Crippen LogP contribution in [0, 0.1) is 10.1 Å². The highest BCUT2D eigenvalue weighted by Crippen LogP contribution is 2.26. The first kappa shape index (κ1) is 13.1. The number of para-hydroxylation sites is 1. The summed E-state index contributed by atoms with van der Waals surface area (Å²) in [5.41, 5.74) is 0.492. The van der Waals surface area contributed by atoms with Crippen LogP contribution in [0.2, 0.25) is 0 Å². The predicted molar refractivity (Wildman–Crippen MR) is 71.9 cm³/mol. The molecule has 1 N–H and O–H groups in total. The molecule has 0 fully saturated rings. The third kappa shape index (κ3) is 2.73. The maximum atomic E-state index is 11.7. The molecule has 0 atom stereocenters. The number of carbonyl (C=O) groups excluding carboxylic acids is 1. The molecule has 6 nitrogen and oxygen atoms in total. The van der Waals surface area contributed by atoms with Crippen LogP contribution in [0.4, 0.5) is 5.69 Å². The molecule has 1 aromatic heterocycles. The Kier molecular flexibility index (Phi) is 3.50. The van der Waals surface area contributed by atoms with Crippen molar-refractivity contribution in [3.05, 3.63) is 40.6 Å².